The SMILES string of the molecule is CCC1(O)CN(CC(=O)NC(=O)c2ccc(Cl)cc2)C1. The van der Waals surface area contributed by atoms with Crippen LogP contribution in [-0.4, -0.2) is 47.1 Å². The van der Waals surface area contributed by atoms with E-state index in [0.717, 1.165) is 0 Å². The number of nitrogens with one attached hydrogen (secondary N) is 1. The highest BCUT2D eigenvalue weighted by Crippen LogP contribution is 2.23. The lowest BCUT2D eigenvalue weighted by Crippen LogP contribution is -2.63. The number of rotatable bonds is 4. The molecule has 0 spiro atoms. The van der Waals surface area contributed by atoms with Gasteiger partial charge in [-0.15, -0.1) is 0 Å². The molecule has 20 heavy (non-hydrogen) atoms. The Bertz CT molecular complexity index is 510. The lowest BCUT2D eigenvalue weighted by Gasteiger charge is -2.45. The molecule has 0 bridgehead atoms. The normalized spacial score (nSPS) is 17.4. The van der Waals surface area contributed by atoms with Gasteiger partial charge in [-0.25, -0.2) is 0 Å². The number of nitrogens with zero attached hydrogens (tertiary/aromatic N) is 1. The number of hydrogen-bond acceptors (Lipinski definition) is 4. The highest BCUT2D eigenvalue weighted by molar-refractivity contribution is 6.30. The third-order valence-corrected chi connectivity index (χ3v) is 3.67. The van der Waals surface area contributed by atoms with Crippen molar-refractivity contribution in [1.82, 2.24) is 10.2 Å². The van der Waals surface area contributed by atoms with Gasteiger partial charge in [0.15, 0.2) is 0 Å². The van der Waals surface area contributed by atoms with E-state index in [-0.39, 0.29) is 12.5 Å². The van der Waals surface area contributed by atoms with Crippen molar-refractivity contribution < 1.29 is 14.7 Å². The second-order valence-electron chi connectivity index (χ2n) is 5.11. The number of imide groups is 1. The van der Waals surface area contributed by atoms with Gasteiger partial charge < -0.3 is 5.11 Å². The molecule has 108 valence electrons. The van der Waals surface area contributed by atoms with E-state index in [1.165, 1.54) is 0 Å². The van der Waals surface area contributed by atoms with E-state index in [2.05, 4.69) is 5.32 Å². The average molecular weight is 297 g/mol. The van der Waals surface area contributed by atoms with E-state index in [1.807, 2.05) is 6.92 Å². The number of hydrogen-bond donors (Lipinski definition) is 2. The molecule has 1 aromatic carbocycles. The van der Waals surface area contributed by atoms with Crippen molar-refractivity contribution in [1.29, 1.82) is 0 Å². The molecule has 2 rings (SSSR count). The van der Waals surface area contributed by atoms with Crippen LogP contribution < -0.4 is 5.32 Å². The number of aliphatic hydroxyl groups is 1. The molecule has 2 amide bonds. The third kappa shape index (κ3) is 3.56. The number of β-amino-alcohol motifs (C(OH)–C–C–N with tert-alkyl or cyclic N) is 1. The van der Waals surface area contributed by atoms with Gasteiger partial charge in [0.25, 0.3) is 5.91 Å². The van der Waals surface area contributed by atoms with Crippen LogP contribution in [0.15, 0.2) is 24.3 Å². The highest BCUT2D eigenvalue weighted by atomic mass is 35.5. The fourth-order valence-corrected chi connectivity index (χ4v) is 2.29. The molecule has 5 nitrogen and oxygen atoms in total. The molecule has 0 unspecified atom stereocenters. The second-order valence-corrected chi connectivity index (χ2v) is 5.54. The summed E-state index contributed by atoms with van der Waals surface area (Å²) < 4.78 is 0. The number of carbonyl (C=O) groups excluding carboxylic acids is 2. The Morgan fingerprint density at radius 3 is 2.50 bits per heavy atom. The van der Waals surface area contributed by atoms with Crippen molar-refractivity contribution in [3.63, 3.8) is 0 Å². The monoisotopic (exact) mass is 296 g/mol. The summed E-state index contributed by atoms with van der Waals surface area (Å²) in [6.07, 6.45) is 0.662. The maximum atomic E-state index is 11.8. The molecule has 0 saturated carbocycles. The smallest absolute Gasteiger partial charge is 0.257 e. The first-order valence-electron chi connectivity index (χ1n) is 6.46. The number of amides is 2. The van der Waals surface area contributed by atoms with Crippen LogP contribution in [0.5, 0.6) is 0 Å². The summed E-state index contributed by atoms with van der Waals surface area (Å²) in [5, 5.41) is 12.7. The summed E-state index contributed by atoms with van der Waals surface area (Å²) in [6.45, 7) is 2.95. The van der Waals surface area contributed by atoms with E-state index in [4.69, 9.17) is 11.6 Å². The van der Waals surface area contributed by atoms with Gasteiger partial charge >= 0.3 is 0 Å². The molecule has 2 N–H and O–H groups in total. The molecule has 1 aliphatic rings. The molecular formula is C14H17ClN2O3. The molecule has 0 aliphatic carbocycles. The van der Waals surface area contributed by atoms with E-state index in [0.29, 0.717) is 30.1 Å². The third-order valence-electron chi connectivity index (χ3n) is 3.42. The van der Waals surface area contributed by atoms with Crippen molar-refractivity contribution >= 4 is 23.4 Å². The van der Waals surface area contributed by atoms with Crippen LogP contribution in [-0.2, 0) is 4.79 Å². The van der Waals surface area contributed by atoms with Gasteiger partial charge in [-0.05, 0) is 30.7 Å². The summed E-state index contributed by atoms with van der Waals surface area (Å²) in [7, 11) is 0. The van der Waals surface area contributed by atoms with Gasteiger partial charge in [-0.2, -0.15) is 0 Å². The molecule has 1 fully saturated rings. The average Bonchev–Trinajstić information content (AvgIpc) is 2.37. The van der Waals surface area contributed by atoms with Crippen LogP contribution in [0.1, 0.15) is 23.7 Å². The Morgan fingerprint density at radius 1 is 1.35 bits per heavy atom. The van der Waals surface area contributed by atoms with Gasteiger partial charge in [0.1, 0.15) is 0 Å². The molecule has 0 atom stereocenters. The van der Waals surface area contributed by atoms with Gasteiger partial charge in [0, 0.05) is 23.7 Å². The number of likely N-dealkylation sites (tertiary alicyclic amines) is 1. The summed E-state index contributed by atoms with van der Waals surface area (Å²) in [5.41, 5.74) is -0.295. The van der Waals surface area contributed by atoms with Crippen molar-refractivity contribution in [3.05, 3.63) is 34.9 Å². The fraction of sp³-hybridized carbons (Fsp3) is 0.429. The van der Waals surface area contributed by atoms with Gasteiger partial charge in [0.05, 0.1) is 12.1 Å². The highest BCUT2D eigenvalue weighted by Gasteiger charge is 2.39. The molecule has 1 aliphatic heterocycles. The summed E-state index contributed by atoms with van der Waals surface area (Å²) in [4.78, 5) is 25.3. The van der Waals surface area contributed by atoms with E-state index in [9.17, 15) is 14.7 Å². The zero-order chi connectivity index (χ0) is 14.8. The minimum atomic E-state index is -0.680. The molecule has 0 radical (unpaired) electrons. The van der Waals surface area contributed by atoms with Gasteiger partial charge in [-0.1, -0.05) is 18.5 Å². The molecule has 6 heteroatoms. The van der Waals surface area contributed by atoms with Crippen LogP contribution in [0.4, 0.5) is 0 Å². The molecule has 0 aromatic heterocycles. The number of carbonyl (C=O) groups is 2. The van der Waals surface area contributed by atoms with Crippen LogP contribution in [0.3, 0.4) is 0 Å². The zero-order valence-electron chi connectivity index (χ0n) is 11.2. The minimum Gasteiger partial charge on any atom is -0.387 e. The first-order valence-corrected chi connectivity index (χ1v) is 6.84. The molecule has 1 saturated heterocycles. The van der Waals surface area contributed by atoms with Crippen molar-refractivity contribution in [3.8, 4) is 0 Å². The summed E-state index contributed by atoms with van der Waals surface area (Å²) >= 11 is 5.73. The van der Waals surface area contributed by atoms with Gasteiger partial charge in [-0.3, -0.25) is 19.8 Å². The Kier molecular flexibility index (Phi) is 4.42. The Balaban J connectivity index is 1.80. The van der Waals surface area contributed by atoms with Crippen molar-refractivity contribution in [2.24, 2.45) is 0 Å². The fourth-order valence-electron chi connectivity index (χ4n) is 2.16. The Labute approximate surface area is 122 Å². The van der Waals surface area contributed by atoms with Crippen molar-refractivity contribution in [2.75, 3.05) is 19.6 Å². The lowest BCUT2D eigenvalue weighted by molar-refractivity contribution is -0.132. The van der Waals surface area contributed by atoms with E-state index in [1.54, 1.807) is 29.2 Å². The van der Waals surface area contributed by atoms with Crippen LogP contribution in [0.25, 0.3) is 0 Å². The lowest BCUT2D eigenvalue weighted by atomic mass is 9.91. The van der Waals surface area contributed by atoms with Crippen molar-refractivity contribution in [2.45, 2.75) is 18.9 Å². The van der Waals surface area contributed by atoms with Gasteiger partial charge in [0.2, 0.25) is 5.91 Å². The standard InChI is InChI=1S/C14H17ClN2O3/c1-2-14(20)8-17(9-14)7-12(18)16-13(19)10-3-5-11(15)6-4-10/h3-6,20H,2,7-9H2,1H3,(H,16,18,19). The minimum absolute atomic E-state index is 0.113. The topological polar surface area (TPSA) is 69.6 Å². The van der Waals surface area contributed by atoms with Crippen LogP contribution in [0.2, 0.25) is 5.02 Å². The first kappa shape index (κ1) is 15.0. The molecule has 1 heterocycles. The zero-order valence-corrected chi connectivity index (χ0v) is 12.0. The Morgan fingerprint density at radius 2 is 1.95 bits per heavy atom. The van der Waals surface area contributed by atoms with Crippen LogP contribution >= 0.6 is 11.6 Å². The first-order chi connectivity index (χ1) is 9.42. The largest absolute Gasteiger partial charge is 0.387 e. The van der Waals surface area contributed by atoms with E-state index < -0.39 is 11.5 Å². The summed E-state index contributed by atoms with van der Waals surface area (Å²) in [6, 6.07) is 6.31. The predicted octanol–water partition coefficient (Wildman–Crippen LogP) is 1.05. The molecular weight excluding hydrogens is 280 g/mol. The van der Waals surface area contributed by atoms with E-state index >= 15 is 0 Å². The number of benzene rings is 1. The van der Waals surface area contributed by atoms with Crippen LogP contribution in [0, 0.1) is 0 Å². The summed E-state index contributed by atoms with van der Waals surface area (Å²) in [5.74, 6) is -0.818. The second kappa shape index (κ2) is 5.91. The molecule has 1 aromatic rings. The predicted molar refractivity (Wildman–Crippen MR) is 75.6 cm³/mol. The maximum Gasteiger partial charge on any atom is 0.257 e. The number of halogens is 1. The Hall–Kier alpha value is -1.43. The quantitative estimate of drug-likeness (QED) is 0.871. The maximum absolute atomic E-state index is 11.8.